The first-order valence-corrected chi connectivity index (χ1v) is 10.6. The Morgan fingerprint density at radius 1 is 1.00 bits per heavy atom. The predicted octanol–water partition coefficient (Wildman–Crippen LogP) is 7.06. The van der Waals surface area contributed by atoms with Gasteiger partial charge in [-0.1, -0.05) is 70.7 Å². The first-order chi connectivity index (χ1) is 14.7. The highest BCUT2D eigenvalue weighted by atomic mass is 35.5. The van der Waals surface area contributed by atoms with Gasteiger partial charge in [-0.05, 0) is 73.7 Å². The molecule has 0 aromatic heterocycles. The summed E-state index contributed by atoms with van der Waals surface area (Å²) in [7, 11) is 0. The first kappa shape index (κ1) is 22.6. The zero-order chi connectivity index (χ0) is 22.5. The monoisotopic (exact) mass is 448 g/mol. The predicted molar refractivity (Wildman–Crippen MR) is 129 cm³/mol. The summed E-state index contributed by atoms with van der Waals surface area (Å²) in [5.41, 5.74) is 6.70. The SMILES string of the molecule is Cc1cc(C)cc(Cc2ccc(/C=C(\C#N)C(=O)Nc3cc(Cl)ccc3C)cc2Cl)c1. The van der Waals surface area contributed by atoms with Crippen LogP contribution in [0.5, 0.6) is 0 Å². The Morgan fingerprint density at radius 3 is 2.35 bits per heavy atom. The number of nitriles is 1. The number of hydrogen-bond donors (Lipinski definition) is 1. The summed E-state index contributed by atoms with van der Waals surface area (Å²) >= 11 is 12.5. The Hall–Kier alpha value is -3.06. The maximum absolute atomic E-state index is 12.6. The van der Waals surface area contributed by atoms with Gasteiger partial charge in [0.15, 0.2) is 0 Å². The molecule has 1 amide bonds. The summed E-state index contributed by atoms with van der Waals surface area (Å²) in [6, 6.07) is 19.2. The van der Waals surface area contributed by atoms with Crippen molar-refractivity contribution in [2.24, 2.45) is 0 Å². The molecule has 0 heterocycles. The first-order valence-electron chi connectivity index (χ1n) is 9.80. The van der Waals surface area contributed by atoms with Crippen molar-refractivity contribution in [1.82, 2.24) is 0 Å². The third-order valence-electron chi connectivity index (χ3n) is 4.88. The molecule has 3 aromatic rings. The van der Waals surface area contributed by atoms with E-state index in [-0.39, 0.29) is 5.57 Å². The largest absolute Gasteiger partial charge is 0.321 e. The van der Waals surface area contributed by atoms with Gasteiger partial charge < -0.3 is 5.32 Å². The normalized spacial score (nSPS) is 11.2. The van der Waals surface area contributed by atoms with E-state index < -0.39 is 5.91 Å². The molecule has 0 saturated carbocycles. The molecule has 0 aliphatic carbocycles. The number of aryl methyl sites for hydroxylation is 3. The fourth-order valence-electron chi connectivity index (χ4n) is 3.42. The molecule has 3 nitrogen and oxygen atoms in total. The molecule has 0 spiro atoms. The van der Waals surface area contributed by atoms with Crippen LogP contribution < -0.4 is 5.32 Å². The second kappa shape index (κ2) is 9.83. The van der Waals surface area contributed by atoms with E-state index >= 15 is 0 Å². The summed E-state index contributed by atoms with van der Waals surface area (Å²) in [6.07, 6.45) is 2.24. The lowest BCUT2D eigenvalue weighted by Gasteiger charge is -2.09. The molecule has 3 rings (SSSR count). The molecular weight excluding hydrogens is 427 g/mol. The fourth-order valence-corrected chi connectivity index (χ4v) is 3.85. The van der Waals surface area contributed by atoms with Crippen LogP contribution in [-0.2, 0) is 11.2 Å². The van der Waals surface area contributed by atoms with E-state index in [1.807, 2.05) is 31.2 Å². The van der Waals surface area contributed by atoms with Crippen molar-refractivity contribution < 1.29 is 4.79 Å². The second-order valence-corrected chi connectivity index (χ2v) is 8.45. The molecular formula is C26H22Cl2N2O. The van der Waals surface area contributed by atoms with E-state index in [0.29, 0.717) is 27.7 Å². The molecule has 0 saturated heterocycles. The van der Waals surface area contributed by atoms with Crippen LogP contribution in [0.4, 0.5) is 5.69 Å². The van der Waals surface area contributed by atoms with Crippen molar-refractivity contribution in [3.63, 3.8) is 0 Å². The Bertz CT molecular complexity index is 1200. The highest BCUT2D eigenvalue weighted by molar-refractivity contribution is 6.31. The van der Waals surface area contributed by atoms with Gasteiger partial charge in [0.2, 0.25) is 0 Å². The molecule has 0 aliphatic rings. The van der Waals surface area contributed by atoms with E-state index in [1.54, 1.807) is 18.2 Å². The van der Waals surface area contributed by atoms with Gasteiger partial charge in [-0.25, -0.2) is 0 Å². The van der Waals surface area contributed by atoms with Crippen molar-refractivity contribution in [3.8, 4) is 6.07 Å². The number of nitrogens with zero attached hydrogens (tertiary/aromatic N) is 1. The van der Waals surface area contributed by atoms with E-state index in [0.717, 1.165) is 11.1 Å². The third-order valence-corrected chi connectivity index (χ3v) is 5.46. The zero-order valence-electron chi connectivity index (χ0n) is 17.6. The van der Waals surface area contributed by atoms with Gasteiger partial charge in [0.25, 0.3) is 5.91 Å². The lowest BCUT2D eigenvalue weighted by Crippen LogP contribution is -2.14. The van der Waals surface area contributed by atoms with Gasteiger partial charge in [-0.15, -0.1) is 0 Å². The molecule has 0 unspecified atom stereocenters. The van der Waals surface area contributed by atoms with E-state index in [9.17, 15) is 10.1 Å². The number of rotatable bonds is 5. The van der Waals surface area contributed by atoms with Crippen molar-refractivity contribution >= 4 is 40.9 Å². The molecule has 0 aliphatic heterocycles. The van der Waals surface area contributed by atoms with E-state index in [2.05, 4.69) is 37.4 Å². The molecule has 31 heavy (non-hydrogen) atoms. The topological polar surface area (TPSA) is 52.9 Å². The quantitative estimate of drug-likeness (QED) is 0.335. The summed E-state index contributed by atoms with van der Waals surface area (Å²) in [5.74, 6) is -0.497. The number of hydrogen-bond acceptors (Lipinski definition) is 2. The molecule has 156 valence electrons. The van der Waals surface area contributed by atoms with Gasteiger partial charge in [0.1, 0.15) is 11.6 Å². The Labute approximate surface area is 192 Å². The highest BCUT2D eigenvalue weighted by Crippen LogP contribution is 2.24. The van der Waals surface area contributed by atoms with Gasteiger partial charge in [-0.2, -0.15) is 5.26 Å². The Kier molecular flexibility index (Phi) is 7.17. The van der Waals surface area contributed by atoms with Gasteiger partial charge in [-0.3, -0.25) is 4.79 Å². The number of nitrogens with one attached hydrogen (secondary N) is 1. The summed E-state index contributed by atoms with van der Waals surface area (Å²) < 4.78 is 0. The smallest absolute Gasteiger partial charge is 0.266 e. The molecule has 0 fully saturated rings. The number of anilines is 1. The number of carbonyl (C=O) groups excluding carboxylic acids is 1. The second-order valence-electron chi connectivity index (χ2n) is 7.61. The van der Waals surface area contributed by atoms with Crippen molar-refractivity contribution in [2.75, 3.05) is 5.32 Å². The maximum atomic E-state index is 12.6. The van der Waals surface area contributed by atoms with Crippen LogP contribution in [0.25, 0.3) is 6.08 Å². The van der Waals surface area contributed by atoms with Crippen LogP contribution in [0.3, 0.4) is 0 Å². The van der Waals surface area contributed by atoms with Crippen LogP contribution >= 0.6 is 23.2 Å². The minimum Gasteiger partial charge on any atom is -0.321 e. The molecule has 0 atom stereocenters. The molecule has 0 radical (unpaired) electrons. The maximum Gasteiger partial charge on any atom is 0.266 e. The molecule has 1 N–H and O–H groups in total. The van der Waals surface area contributed by atoms with Crippen LogP contribution in [-0.4, -0.2) is 5.91 Å². The zero-order valence-corrected chi connectivity index (χ0v) is 19.1. The standard InChI is InChI=1S/C26H22Cl2N2O/c1-16-8-17(2)10-20(9-16)12-21-6-5-19(13-24(21)28)11-22(15-29)26(31)30-25-14-23(27)7-4-18(25)3/h4-11,13-14H,12H2,1-3H3,(H,30,31)/b22-11+. The van der Waals surface area contributed by atoms with E-state index in [4.69, 9.17) is 23.2 Å². The highest BCUT2D eigenvalue weighted by Gasteiger charge is 2.12. The Morgan fingerprint density at radius 2 is 1.71 bits per heavy atom. The number of benzene rings is 3. The minimum atomic E-state index is -0.497. The van der Waals surface area contributed by atoms with Gasteiger partial charge >= 0.3 is 0 Å². The van der Waals surface area contributed by atoms with E-state index in [1.165, 1.54) is 22.8 Å². The number of amides is 1. The van der Waals surface area contributed by atoms with Gasteiger partial charge in [0.05, 0.1) is 0 Å². The fraction of sp³-hybridized carbons (Fsp3) is 0.154. The van der Waals surface area contributed by atoms with Crippen molar-refractivity contribution in [3.05, 3.63) is 104 Å². The van der Waals surface area contributed by atoms with Crippen molar-refractivity contribution in [2.45, 2.75) is 27.2 Å². The molecule has 5 heteroatoms. The molecule has 0 bridgehead atoms. The number of carbonyl (C=O) groups is 1. The minimum absolute atomic E-state index is 0.0162. The van der Waals surface area contributed by atoms with Gasteiger partial charge in [0, 0.05) is 15.7 Å². The summed E-state index contributed by atoms with van der Waals surface area (Å²) in [5, 5.41) is 13.3. The molecule has 3 aromatic carbocycles. The lowest BCUT2D eigenvalue weighted by molar-refractivity contribution is -0.112. The van der Waals surface area contributed by atoms with Crippen LogP contribution in [0.2, 0.25) is 10.0 Å². The average molecular weight is 449 g/mol. The van der Waals surface area contributed by atoms with Crippen LogP contribution in [0.15, 0.2) is 60.2 Å². The van der Waals surface area contributed by atoms with Crippen LogP contribution in [0, 0.1) is 32.1 Å². The Balaban J connectivity index is 1.81. The lowest BCUT2D eigenvalue weighted by atomic mass is 9.99. The van der Waals surface area contributed by atoms with Crippen LogP contribution in [0.1, 0.15) is 33.4 Å². The summed E-state index contributed by atoms with van der Waals surface area (Å²) in [4.78, 5) is 12.6. The third kappa shape index (κ3) is 5.98. The van der Waals surface area contributed by atoms with Crippen molar-refractivity contribution in [1.29, 1.82) is 5.26 Å². The number of halogens is 2. The average Bonchev–Trinajstić information content (AvgIpc) is 2.70. The summed E-state index contributed by atoms with van der Waals surface area (Å²) in [6.45, 7) is 6.01.